The van der Waals surface area contributed by atoms with Gasteiger partial charge < -0.3 is 15.6 Å². The Balaban J connectivity index is 2.67. The summed E-state index contributed by atoms with van der Waals surface area (Å²) in [6.45, 7) is 2.72. The third-order valence-electron chi connectivity index (χ3n) is 2.53. The normalized spacial score (nSPS) is 10.8. The Morgan fingerprint density at radius 1 is 1.56 bits per heavy atom. The predicted octanol–water partition coefficient (Wildman–Crippen LogP) is -0.194. The summed E-state index contributed by atoms with van der Waals surface area (Å²) in [5.74, 6) is -0.0394. The predicted molar refractivity (Wildman–Crippen MR) is 69.5 cm³/mol. The standard InChI is InChI=1S/C12H20N4O2/c1-18-7-5-16(4-6-17)9-10-2-3-15-11(8-10)12(13)14/h2-3,8,17H,4-7,9H2,1H3,(H3,13,14). The number of hydrogen-bond donors (Lipinski definition) is 3. The van der Waals surface area contributed by atoms with E-state index in [2.05, 4.69) is 9.88 Å². The van der Waals surface area contributed by atoms with Crippen LogP contribution in [0, 0.1) is 5.41 Å². The number of aliphatic hydroxyl groups is 1. The number of nitrogens with one attached hydrogen (secondary N) is 1. The van der Waals surface area contributed by atoms with E-state index >= 15 is 0 Å². The lowest BCUT2D eigenvalue weighted by molar-refractivity contribution is 0.127. The molecule has 0 saturated carbocycles. The van der Waals surface area contributed by atoms with Crippen molar-refractivity contribution >= 4 is 5.84 Å². The number of nitrogens with zero attached hydrogens (tertiary/aromatic N) is 2. The molecule has 18 heavy (non-hydrogen) atoms. The molecule has 0 atom stereocenters. The lowest BCUT2D eigenvalue weighted by Crippen LogP contribution is -2.30. The lowest BCUT2D eigenvalue weighted by atomic mass is 10.2. The third kappa shape index (κ3) is 4.79. The highest BCUT2D eigenvalue weighted by molar-refractivity contribution is 5.93. The molecule has 1 aromatic rings. The van der Waals surface area contributed by atoms with Gasteiger partial charge in [-0.1, -0.05) is 0 Å². The Morgan fingerprint density at radius 2 is 2.33 bits per heavy atom. The van der Waals surface area contributed by atoms with Crippen LogP contribution in [0.1, 0.15) is 11.3 Å². The van der Waals surface area contributed by atoms with Crippen molar-refractivity contribution < 1.29 is 9.84 Å². The van der Waals surface area contributed by atoms with E-state index in [9.17, 15) is 0 Å². The number of hydrogen-bond acceptors (Lipinski definition) is 5. The second-order valence-electron chi connectivity index (χ2n) is 3.96. The molecule has 100 valence electrons. The highest BCUT2D eigenvalue weighted by Crippen LogP contribution is 2.05. The van der Waals surface area contributed by atoms with Crippen LogP contribution in [-0.2, 0) is 11.3 Å². The number of nitrogen functional groups attached to an aromatic ring is 1. The van der Waals surface area contributed by atoms with Crippen molar-refractivity contribution in [3.63, 3.8) is 0 Å². The molecule has 1 heterocycles. The van der Waals surface area contributed by atoms with Gasteiger partial charge in [0.2, 0.25) is 0 Å². The first-order valence-electron chi connectivity index (χ1n) is 5.79. The van der Waals surface area contributed by atoms with Crippen molar-refractivity contribution in [2.75, 3.05) is 33.4 Å². The van der Waals surface area contributed by atoms with E-state index in [1.165, 1.54) is 0 Å². The van der Waals surface area contributed by atoms with E-state index in [0.717, 1.165) is 12.1 Å². The van der Waals surface area contributed by atoms with Crippen LogP contribution in [0.2, 0.25) is 0 Å². The number of aromatic nitrogens is 1. The van der Waals surface area contributed by atoms with Gasteiger partial charge in [0.25, 0.3) is 0 Å². The number of pyridine rings is 1. The zero-order valence-electron chi connectivity index (χ0n) is 10.6. The monoisotopic (exact) mass is 252 g/mol. The maximum absolute atomic E-state index is 9.01. The molecule has 6 nitrogen and oxygen atoms in total. The van der Waals surface area contributed by atoms with E-state index in [1.807, 2.05) is 6.07 Å². The lowest BCUT2D eigenvalue weighted by Gasteiger charge is -2.21. The Labute approximate surface area is 107 Å². The van der Waals surface area contributed by atoms with Gasteiger partial charge in [-0.3, -0.25) is 15.3 Å². The highest BCUT2D eigenvalue weighted by atomic mass is 16.5. The first-order valence-corrected chi connectivity index (χ1v) is 5.79. The van der Waals surface area contributed by atoms with Gasteiger partial charge >= 0.3 is 0 Å². The largest absolute Gasteiger partial charge is 0.395 e. The molecular weight excluding hydrogens is 232 g/mol. The summed E-state index contributed by atoms with van der Waals surface area (Å²) < 4.78 is 5.03. The Kier molecular flexibility index (Phi) is 6.27. The molecule has 0 fully saturated rings. The maximum Gasteiger partial charge on any atom is 0.141 e. The van der Waals surface area contributed by atoms with Gasteiger partial charge in [-0.15, -0.1) is 0 Å². The molecule has 0 spiro atoms. The fourth-order valence-electron chi connectivity index (χ4n) is 1.61. The van der Waals surface area contributed by atoms with Crippen molar-refractivity contribution in [1.29, 1.82) is 5.41 Å². The number of methoxy groups -OCH3 is 1. The molecule has 1 rings (SSSR count). The number of amidine groups is 1. The van der Waals surface area contributed by atoms with E-state index in [-0.39, 0.29) is 12.4 Å². The average molecular weight is 252 g/mol. The maximum atomic E-state index is 9.01. The third-order valence-corrected chi connectivity index (χ3v) is 2.53. The zero-order valence-corrected chi connectivity index (χ0v) is 10.6. The summed E-state index contributed by atoms with van der Waals surface area (Å²) in [5, 5.41) is 16.4. The number of ether oxygens (including phenoxy) is 1. The molecular formula is C12H20N4O2. The van der Waals surface area contributed by atoms with E-state index in [4.69, 9.17) is 21.0 Å². The molecule has 1 aromatic heterocycles. The van der Waals surface area contributed by atoms with E-state index in [1.54, 1.807) is 19.4 Å². The minimum atomic E-state index is -0.0394. The molecule has 0 amide bonds. The first-order chi connectivity index (χ1) is 8.67. The minimum absolute atomic E-state index is 0.0394. The van der Waals surface area contributed by atoms with Gasteiger partial charge in [-0.2, -0.15) is 0 Å². The molecule has 0 saturated heterocycles. The summed E-state index contributed by atoms with van der Waals surface area (Å²) in [7, 11) is 1.65. The number of nitrogens with two attached hydrogens (primary N) is 1. The van der Waals surface area contributed by atoms with Crippen LogP contribution in [-0.4, -0.2) is 54.2 Å². The second kappa shape index (κ2) is 7.75. The fourth-order valence-corrected chi connectivity index (χ4v) is 1.61. The molecule has 0 aromatic carbocycles. The summed E-state index contributed by atoms with van der Waals surface area (Å²) in [6.07, 6.45) is 1.64. The van der Waals surface area contributed by atoms with Crippen molar-refractivity contribution in [2.24, 2.45) is 5.73 Å². The second-order valence-corrected chi connectivity index (χ2v) is 3.96. The molecule has 0 aliphatic carbocycles. The van der Waals surface area contributed by atoms with Gasteiger partial charge in [0, 0.05) is 32.9 Å². The molecule has 0 aliphatic heterocycles. The summed E-state index contributed by atoms with van der Waals surface area (Å²) in [6, 6.07) is 3.67. The fraction of sp³-hybridized carbons (Fsp3) is 0.500. The Bertz CT molecular complexity index is 384. The van der Waals surface area contributed by atoms with Crippen molar-refractivity contribution in [2.45, 2.75) is 6.54 Å². The van der Waals surface area contributed by atoms with E-state index in [0.29, 0.717) is 25.4 Å². The van der Waals surface area contributed by atoms with Crippen LogP contribution in [0.3, 0.4) is 0 Å². The van der Waals surface area contributed by atoms with E-state index < -0.39 is 0 Å². The minimum Gasteiger partial charge on any atom is -0.395 e. The van der Waals surface area contributed by atoms with Crippen LogP contribution >= 0.6 is 0 Å². The summed E-state index contributed by atoms with van der Waals surface area (Å²) in [5.41, 5.74) is 6.89. The molecule has 4 N–H and O–H groups in total. The van der Waals surface area contributed by atoms with Crippen LogP contribution in [0.5, 0.6) is 0 Å². The first kappa shape index (κ1) is 14.6. The van der Waals surface area contributed by atoms with Crippen LogP contribution in [0.4, 0.5) is 0 Å². The van der Waals surface area contributed by atoms with Crippen LogP contribution in [0.15, 0.2) is 18.3 Å². The quantitative estimate of drug-likeness (QED) is 0.440. The highest BCUT2D eigenvalue weighted by Gasteiger charge is 2.07. The van der Waals surface area contributed by atoms with Gasteiger partial charge in [-0.25, -0.2) is 0 Å². The van der Waals surface area contributed by atoms with Crippen molar-refractivity contribution in [1.82, 2.24) is 9.88 Å². The number of aliphatic hydroxyl groups excluding tert-OH is 1. The van der Waals surface area contributed by atoms with Crippen molar-refractivity contribution in [3.05, 3.63) is 29.6 Å². The van der Waals surface area contributed by atoms with Gasteiger partial charge in [-0.05, 0) is 17.7 Å². The Morgan fingerprint density at radius 3 is 2.94 bits per heavy atom. The number of rotatable bonds is 8. The molecule has 0 radical (unpaired) electrons. The zero-order chi connectivity index (χ0) is 13.4. The smallest absolute Gasteiger partial charge is 0.141 e. The summed E-state index contributed by atoms with van der Waals surface area (Å²) >= 11 is 0. The molecule has 0 bridgehead atoms. The topological polar surface area (TPSA) is 95.5 Å². The van der Waals surface area contributed by atoms with Crippen LogP contribution < -0.4 is 5.73 Å². The van der Waals surface area contributed by atoms with Gasteiger partial charge in [0.05, 0.1) is 13.2 Å². The summed E-state index contributed by atoms with van der Waals surface area (Å²) in [4.78, 5) is 6.08. The van der Waals surface area contributed by atoms with Gasteiger partial charge in [0.15, 0.2) is 0 Å². The molecule has 0 aliphatic rings. The van der Waals surface area contributed by atoms with Crippen molar-refractivity contribution in [3.8, 4) is 0 Å². The van der Waals surface area contributed by atoms with Crippen LogP contribution in [0.25, 0.3) is 0 Å². The molecule has 0 unspecified atom stereocenters. The Hall–Kier alpha value is -1.50. The molecule has 6 heteroatoms. The van der Waals surface area contributed by atoms with Gasteiger partial charge in [0.1, 0.15) is 11.5 Å². The average Bonchev–Trinajstić information content (AvgIpc) is 2.36. The SMILES string of the molecule is COCCN(CCO)Cc1ccnc(C(=N)N)c1.